The van der Waals surface area contributed by atoms with E-state index in [0.29, 0.717) is 58.2 Å². The first kappa shape index (κ1) is 16.8. The van der Waals surface area contributed by atoms with E-state index in [-0.39, 0.29) is 5.58 Å². The first-order chi connectivity index (χ1) is 14.7. The van der Waals surface area contributed by atoms with Gasteiger partial charge in [-0.3, -0.25) is 9.89 Å². The van der Waals surface area contributed by atoms with Gasteiger partial charge in [0, 0.05) is 17.1 Å². The number of fused-ring (bicyclic) bond motifs is 5. The van der Waals surface area contributed by atoms with Gasteiger partial charge in [-0.2, -0.15) is 0 Å². The van der Waals surface area contributed by atoms with Gasteiger partial charge in [0.05, 0.1) is 12.5 Å². The predicted octanol–water partition coefficient (Wildman–Crippen LogP) is 3.30. The summed E-state index contributed by atoms with van der Waals surface area (Å²) in [5, 5.41) is 17.5. The predicted molar refractivity (Wildman–Crippen MR) is 109 cm³/mol. The maximum absolute atomic E-state index is 11.9. The zero-order chi connectivity index (χ0) is 20.4. The van der Waals surface area contributed by atoms with Crippen LogP contribution in [0.1, 0.15) is 0 Å². The fourth-order valence-corrected chi connectivity index (χ4v) is 3.93. The minimum absolute atomic E-state index is 0.104. The minimum Gasteiger partial charge on any atom is -0.502 e. The summed E-state index contributed by atoms with van der Waals surface area (Å²) in [6, 6.07) is 6.58. The van der Waals surface area contributed by atoms with Crippen molar-refractivity contribution in [2.75, 3.05) is 20.3 Å². The highest BCUT2D eigenvalue weighted by Crippen LogP contribution is 2.46. The highest BCUT2D eigenvalue weighted by atomic mass is 16.6. The number of furan rings is 1. The van der Waals surface area contributed by atoms with Gasteiger partial charge < -0.3 is 28.8 Å². The fourth-order valence-electron chi connectivity index (χ4n) is 3.93. The smallest absolute Gasteiger partial charge is 0.224 e. The summed E-state index contributed by atoms with van der Waals surface area (Å²) in [4.78, 5) is 16.5. The van der Waals surface area contributed by atoms with E-state index >= 15 is 0 Å². The molecule has 0 radical (unpaired) electrons. The summed E-state index contributed by atoms with van der Waals surface area (Å²) in [6.45, 7) is 0.878. The largest absolute Gasteiger partial charge is 0.502 e. The molecule has 3 aromatic heterocycles. The summed E-state index contributed by atoms with van der Waals surface area (Å²) < 4.78 is 23.0. The first-order valence-corrected chi connectivity index (χ1v) is 9.27. The lowest BCUT2D eigenvalue weighted by Crippen LogP contribution is -2.16. The van der Waals surface area contributed by atoms with Gasteiger partial charge in [-0.1, -0.05) is 0 Å². The highest BCUT2D eigenvalue weighted by molar-refractivity contribution is 6.15. The monoisotopic (exact) mass is 405 g/mol. The Hall–Kier alpha value is -4.14. The number of phenolic OH excluding ortho intramolecular Hbond substituents is 1. The molecule has 1 aliphatic heterocycles. The molecule has 0 atom stereocenters. The van der Waals surface area contributed by atoms with E-state index in [0.717, 1.165) is 10.9 Å². The Labute approximate surface area is 167 Å². The number of aromatic hydroxyl groups is 1. The molecule has 30 heavy (non-hydrogen) atoms. The van der Waals surface area contributed by atoms with Crippen molar-refractivity contribution in [3.63, 3.8) is 0 Å². The van der Waals surface area contributed by atoms with E-state index in [2.05, 4.69) is 15.2 Å². The second kappa shape index (κ2) is 5.93. The minimum atomic E-state index is -0.511. The molecule has 1 aliphatic rings. The van der Waals surface area contributed by atoms with Gasteiger partial charge in [0.25, 0.3) is 0 Å². The molecular weight excluding hydrogens is 390 g/mol. The second-order valence-corrected chi connectivity index (χ2v) is 6.93. The fraction of sp³-hybridized carbons (Fsp3) is 0.143. The average Bonchev–Trinajstić information content (AvgIpc) is 3.38. The van der Waals surface area contributed by atoms with Crippen LogP contribution in [-0.4, -0.2) is 40.6 Å². The van der Waals surface area contributed by atoms with Crippen molar-refractivity contribution >= 4 is 33.1 Å². The van der Waals surface area contributed by atoms with Gasteiger partial charge >= 0.3 is 0 Å². The topological polar surface area (TPSA) is 123 Å². The molecule has 0 unspecified atom stereocenters. The molecule has 0 bridgehead atoms. The zero-order valence-electron chi connectivity index (χ0n) is 15.7. The average molecular weight is 405 g/mol. The number of hydrogen-bond acceptors (Lipinski definition) is 7. The van der Waals surface area contributed by atoms with E-state index < -0.39 is 11.2 Å². The Morgan fingerprint density at radius 2 is 2.00 bits per heavy atom. The van der Waals surface area contributed by atoms with Crippen LogP contribution < -0.4 is 19.6 Å². The van der Waals surface area contributed by atoms with Gasteiger partial charge in [0.15, 0.2) is 28.3 Å². The number of rotatable bonds is 2. The summed E-state index contributed by atoms with van der Waals surface area (Å²) in [5.74, 6) is 1.20. The molecule has 0 saturated heterocycles. The van der Waals surface area contributed by atoms with Crippen LogP contribution >= 0.6 is 0 Å². The van der Waals surface area contributed by atoms with Crippen molar-refractivity contribution in [1.82, 2.24) is 15.2 Å². The summed E-state index contributed by atoms with van der Waals surface area (Å²) >= 11 is 0. The van der Waals surface area contributed by atoms with Crippen molar-refractivity contribution in [2.24, 2.45) is 0 Å². The Kier molecular flexibility index (Phi) is 3.32. The number of methoxy groups -OCH3 is 1. The Morgan fingerprint density at radius 3 is 2.87 bits per heavy atom. The number of hydrogen-bond donors (Lipinski definition) is 3. The van der Waals surface area contributed by atoms with Crippen molar-refractivity contribution in [3.8, 4) is 34.1 Å². The molecule has 0 spiro atoms. The summed E-state index contributed by atoms with van der Waals surface area (Å²) in [7, 11) is 1.56. The van der Waals surface area contributed by atoms with Gasteiger partial charge in [0.2, 0.25) is 16.9 Å². The lowest BCUT2D eigenvalue weighted by molar-refractivity contribution is 0.165. The van der Waals surface area contributed by atoms with Gasteiger partial charge in [-0.05, 0) is 29.8 Å². The van der Waals surface area contributed by atoms with Crippen LogP contribution in [0.3, 0.4) is 0 Å². The third kappa shape index (κ3) is 2.17. The van der Waals surface area contributed by atoms with Gasteiger partial charge in [-0.15, -0.1) is 0 Å². The number of nitrogens with zero attached hydrogens (tertiary/aromatic N) is 1. The molecule has 9 nitrogen and oxygen atoms in total. The van der Waals surface area contributed by atoms with Crippen molar-refractivity contribution in [2.45, 2.75) is 0 Å². The maximum Gasteiger partial charge on any atom is 0.224 e. The van der Waals surface area contributed by atoms with Gasteiger partial charge in [0.1, 0.15) is 18.7 Å². The first-order valence-electron chi connectivity index (χ1n) is 9.27. The van der Waals surface area contributed by atoms with Crippen LogP contribution in [0.2, 0.25) is 0 Å². The highest BCUT2D eigenvalue weighted by Gasteiger charge is 2.24. The third-order valence-electron chi connectivity index (χ3n) is 5.27. The third-order valence-corrected chi connectivity index (χ3v) is 5.27. The van der Waals surface area contributed by atoms with Crippen LogP contribution in [0.15, 0.2) is 39.7 Å². The second-order valence-electron chi connectivity index (χ2n) is 6.93. The van der Waals surface area contributed by atoms with Gasteiger partial charge in [-0.25, -0.2) is 4.98 Å². The molecule has 9 heteroatoms. The van der Waals surface area contributed by atoms with E-state index in [4.69, 9.17) is 18.6 Å². The van der Waals surface area contributed by atoms with Crippen LogP contribution in [0.4, 0.5) is 0 Å². The quantitative estimate of drug-likeness (QED) is 0.412. The Bertz CT molecular complexity index is 1510. The van der Waals surface area contributed by atoms with Crippen LogP contribution in [0.5, 0.6) is 23.0 Å². The Balaban J connectivity index is 1.76. The van der Waals surface area contributed by atoms with Crippen LogP contribution in [-0.2, 0) is 0 Å². The molecule has 4 heterocycles. The number of nitrogens with one attached hydrogen (secondary N) is 2. The molecule has 0 saturated carbocycles. The van der Waals surface area contributed by atoms with E-state index in [1.54, 1.807) is 19.4 Å². The van der Waals surface area contributed by atoms with E-state index in [9.17, 15) is 9.90 Å². The molecule has 0 fully saturated rings. The summed E-state index contributed by atoms with van der Waals surface area (Å²) in [6.07, 6.45) is 1.77. The maximum atomic E-state index is 11.9. The standard InChI is InChI=1S/C21H15N3O6/c1-27-13-6-9(7-14-19(13)29-5-4-28-14)15-11-8-22-24-21(11)23-16-10-2-3-12(25)17(26)18(10)30-20(15)16/h2-3,6-8,26H,4-5H2,1H3,(H2,22,23,24). The summed E-state index contributed by atoms with van der Waals surface area (Å²) in [5.41, 5.74) is 2.61. The van der Waals surface area contributed by atoms with E-state index in [1.165, 1.54) is 6.07 Å². The molecule has 0 aliphatic carbocycles. The lowest BCUT2D eigenvalue weighted by atomic mass is 10.0. The van der Waals surface area contributed by atoms with Crippen molar-refractivity contribution in [1.29, 1.82) is 0 Å². The molecule has 5 aromatic rings. The van der Waals surface area contributed by atoms with Crippen molar-refractivity contribution < 1.29 is 23.7 Å². The molecular formula is C21H15N3O6. The van der Waals surface area contributed by atoms with E-state index in [1.807, 2.05) is 12.1 Å². The lowest BCUT2D eigenvalue weighted by Gasteiger charge is -2.21. The Morgan fingerprint density at radius 1 is 1.13 bits per heavy atom. The number of phenols is 1. The normalized spacial score (nSPS) is 13.4. The number of aromatic nitrogens is 3. The number of pyridine rings is 1. The SMILES string of the molecule is COc1cc(-c2c3c[nH][nH]c3nc3c2oc2c(O)c(=O)ccc23)cc2c1OCCO2. The van der Waals surface area contributed by atoms with Crippen LogP contribution in [0.25, 0.3) is 44.2 Å². The number of H-pyrrole nitrogens is 2. The molecule has 3 N–H and O–H groups in total. The van der Waals surface area contributed by atoms with Crippen LogP contribution in [0, 0.1) is 0 Å². The molecule has 0 amide bonds. The zero-order valence-corrected chi connectivity index (χ0v) is 15.7. The number of aromatic amines is 2. The number of benzene rings is 2. The number of ether oxygens (including phenoxy) is 3. The van der Waals surface area contributed by atoms with Crippen molar-refractivity contribution in [3.05, 3.63) is 40.7 Å². The molecule has 6 rings (SSSR count). The molecule has 2 aromatic carbocycles. The molecule has 150 valence electrons.